The molecular formula is C22H16N2O2S. The molecule has 0 spiro atoms. The molecule has 27 heavy (non-hydrogen) atoms. The van der Waals surface area contributed by atoms with Crippen LogP contribution in [0.15, 0.2) is 84.2 Å². The van der Waals surface area contributed by atoms with Gasteiger partial charge in [0.15, 0.2) is 5.13 Å². The summed E-state index contributed by atoms with van der Waals surface area (Å²) in [5, 5.41) is 14.9. The van der Waals surface area contributed by atoms with Crippen LogP contribution in [0, 0.1) is 0 Å². The molecule has 0 fully saturated rings. The molecule has 0 radical (unpaired) electrons. The van der Waals surface area contributed by atoms with Gasteiger partial charge in [0.25, 0.3) is 0 Å². The number of rotatable bonds is 5. The molecule has 0 aliphatic carbocycles. The van der Waals surface area contributed by atoms with Gasteiger partial charge < -0.3 is 10.4 Å². The second-order valence-electron chi connectivity index (χ2n) is 5.99. The van der Waals surface area contributed by atoms with Crippen LogP contribution in [-0.2, 0) is 0 Å². The van der Waals surface area contributed by atoms with Gasteiger partial charge in [0.05, 0.1) is 11.3 Å². The zero-order valence-corrected chi connectivity index (χ0v) is 15.1. The van der Waals surface area contributed by atoms with Crippen molar-refractivity contribution in [3.63, 3.8) is 0 Å². The summed E-state index contributed by atoms with van der Waals surface area (Å²) < 4.78 is 0. The summed E-state index contributed by atoms with van der Waals surface area (Å²) in [7, 11) is 0. The molecule has 0 saturated carbocycles. The predicted octanol–water partition coefficient (Wildman–Crippen LogP) is 5.92. The maximum Gasteiger partial charge on any atom is 0.335 e. The Balaban J connectivity index is 1.49. The number of nitrogens with one attached hydrogen (secondary N) is 1. The minimum absolute atomic E-state index is 0.263. The maximum absolute atomic E-state index is 10.9. The fourth-order valence-corrected chi connectivity index (χ4v) is 3.49. The summed E-state index contributed by atoms with van der Waals surface area (Å²) >= 11 is 1.51. The number of aromatic carboxylic acids is 1. The number of hydrogen-bond donors (Lipinski definition) is 2. The first-order valence-corrected chi connectivity index (χ1v) is 9.29. The van der Waals surface area contributed by atoms with Gasteiger partial charge in [-0.2, -0.15) is 0 Å². The van der Waals surface area contributed by atoms with Gasteiger partial charge in [0.1, 0.15) is 0 Å². The van der Waals surface area contributed by atoms with E-state index in [4.69, 9.17) is 5.11 Å². The van der Waals surface area contributed by atoms with Crippen molar-refractivity contribution < 1.29 is 9.90 Å². The molecule has 4 nitrogen and oxygen atoms in total. The van der Waals surface area contributed by atoms with E-state index in [1.54, 1.807) is 24.3 Å². The summed E-state index contributed by atoms with van der Waals surface area (Å²) in [6, 6.07) is 25.2. The monoisotopic (exact) mass is 372 g/mol. The molecule has 4 rings (SSSR count). The number of benzene rings is 3. The van der Waals surface area contributed by atoms with Gasteiger partial charge in [-0.25, -0.2) is 9.78 Å². The Bertz CT molecular complexity index is 1060. The molecule has 0 amide bonds. The molecule has 0 unspecified atom stereocenters. The van der Waals surface area contributed by atoms with Gasteiger partial charge in [-0.1, -0.05) is 54.6 Å². The average Bonchev–Trinajstić information content (AvgIpc) is 3.18. The van der Waals surface area contributed by atoms with Crippen molar-refractivity contribution in [2.75, 3.05) is 5.32 Å². The van der Waals surface area contributed by atoms with Crippen molar-refractivity contribution in [1.82, 2.24) is 4.98 Å². The van der Waals surface area contributed by atoms with E-state index in [-0.39, 0.29) is 5.56 Å². The Morgan fingerprint density at radius 1 is 0.815 bits per heavy atom. The standard InChI is InChI=1S/C22H16N2O2S/c25-21(26)18-10-12-19(13-11-18)23-22-24-20(14-27-22)17-8-6-16(7-9-17)15-4-2-1-3-5-15/h1-14H,(H,23,24)(H,25,26). The average molecular weight is 372 g/mol. The summed E-state index contributed by atoms with van der Waals surface area (Å²) in [6.07, 6.45) is 0. The fourth-order valence-electron chi connectivity index (χ4n) is 2.75. The Labute approximate surface area is 160 Å². The van der Waals surface area contributed by atoms with E-state index in [9.17, 15) is 4.79 Å². The lowest BCUT2D eigenvalue weighted by molar-refractivity contribution is 0.0697. The highest BCUT2D eigenvalue weighted by Crippen LogP contribution is 2.29. The highest BCUT2D eigenvalue weighted by molar-refractivity contribution is 7.14. The van der Waals surface area contributed by atoms with Crippen LogP contribution in [0.2, 0.25) is 0 Å². The molecule has 0 saturated heterocycles. The van der Waals surface area contributed by atoms with E-state index in [1.807, 2.05) is 23.6 Å². The highest BCUT2D eigenvalue weighted by Gasteiger charge is 2.07. The lowest BCUT2D eigenvalue weighted by atomic mass is 10.0. The van der Waals surface area contributed by atoms with Crippen molar-refractivity contribution in [2.24, 2.45) is 0 Å². The number of carbonyl (C=O) groups is 1. The first-order valence-electron chi connectivity index (χ1n) is 8.41. The number of aromatic nitrogens is 1. The third-order valence-electron chi connectivity index (χ3n) is 4.18. The van der Waals surface area contributed by atoms with Crippen LogP contribution in [0.3, 0.4) is 0 Å². The van der Waals surface area contributed by atoms with Crippen LogP contribution in [-0.4, -0.2) is 16.1 Å². The van der Waals surface area contributed by atoms with E-state index in [1.165, 1.54) is 22.5 Å². The third-order valence-corrected chi connectivity index (χ3v) is 4.93. The van der Waals surface area contributed by atoms with Crippen LogP contribution >= 0.6 is 11.3 Å². The smallest absolute Gasteiger partial charge is 0.335 e. The molecule has 1 aromatic heterocycles. The van der Waals surface area contributed by atoms with Crippen LogP contribution in [0.25, 0.3) is 22.4 Å². The fraction of sp³-hybridized carbons (Fsp3) is 0. The van der Waals surface area contributed by atoms with Gasteiger partial charge in [-0.15, -0.1) is 11.3 Å². The van der Waals surface area contributed by atoms with Gasteiger partial charge >= 0.3 is 5.97 Å². The van der Waals surface area contributed by atoms with Gasteiger partial charge in [0, 0.05) is 16.6 Å². The Hall–Kier alpha value is -3.44. The summed E-state index contributed by atoms with van der Waals surface area (Å²) in [4.78, 5) is 15.5. The summed E-state index contributed by atoms with van der Waals surface area (Å²) in [5.41, 5.74) is 5.39. The Morgan fingerprint density at radius 3 is 2.11 bits per heavy atom. The minimum atomic E-state index is -0.933. The number of carboxylic acids is 1. The molecule has 0 aliphatic rings. The van der Waals surface area contributed by atoms with E-state index in [0.29, 0.717) is 0 Å². The normalized spacial score (nSPS) is 10.5. The number of hydrogen-bond acceptors (Lipinski definition) is 4. The van der Waals surface area contributed by atoms with Crippen molar-refractivity contribution in [3.05, 3.63) is 89.8 Å². The van der Waals surface area contributed by atoms with E-state index in [2.05, 4.69) is 46.7 Å². The number of nitrogens with zero attached hydrogens (tertiary/aromatic N) is 1. The second kappa shape index (κ2) is 7.43. The molecule has 1 heterocycles. The number of carboxylic acid groups (broad SMARTS) is 1. The van der Waals surface area contributed by atoms with Crippen LogP contribution in [0.4, 0.5) is 10.8 Å². The van der Waals surface area contributed by atoms with E-state index in [0.717, 1.165) is 22.1 Å². The second-order valence-corrected chi connectivity index (χ2v) is 6.85. The SMILES string of the molecule is O=C(O)c1ccc(Nc2nc(-c3ccc(-c4ccccc4)cc3)cs2)cc1. The molecule has 0 aliphatic heterocycles. The first-order chi connectivity index (χ1) is 13.2. The molecule has 2 N–H and O–H groups in total. The van der Waals surface area contributed by atoms with Gasteiger partial charge in [0.2, 0.25) is 0 Å². The van der Waals surface area contributed by atoms with Gasteiger partial charge in [-0.3, -0.25) is 0 Å². The zero-order chi connectivity index (χ0) is 18.6. The lowest BCUT2D eigenvalue weighted by Gasteiger charge is -2.04. The largest absolute Gasteiger partial charge is 0.478 e. The van der Waals surface area contributed by atoms with Crippen molar-refractivity contribution in [2.45, 2.75) is 0 Å². The number of anilines is 2. The van der Waals surface area contributed by atoms with Crippen LogP contribution in [0.5, 0.6) is 0 Å². The zero-order valence-electron chi connectivity index (χ0n) is 14.3. The Kier molecular flexibility index (Phi) is 4.68. The molecule has 3 aromatic carbocycles. The summed E-state index contributed by atoms with van der Waals surface area (Å²) in [5.74, 6) is -0.933. The molecule has 132 valence electrons. The van der Waals surface area contributed by atoms with E-state index >= 15 is 0 Å². The topological polar surface area (TPSA) is 62.2 Å². The highest BCUT2D eigenvalue weighted by atomic mass is 32.1. The number of thiazole rings is 1. The lowest BCUT2D eigenvalue weighted by Crippen LogP contribution is -1.96. The Morgan fingerprint density at radius 2 is 1.44 bits per heavy atom. The van der Waals surface area contributed by atoms with Crippen molar-refractivity contribution >= 4 is 28.1 Å². The van der Waals surface area contributed by atoms with E-state index < -0.39 is 5.97 Å². The first kappa shape index (κ1) is 17.0. The minimum Gasteiger partial charge on any atom is -0.478 e. The molecule has 0 atom stereocenters. The molecular weight excluding hydrogens is 356 g/mol. The third kappa shape index (κ3) is 3.88. The van der Waals surface area contributed by atoms with Gasteiger partial charge in [-0.05, 0) is 35.4 Å². The van der Waals surface area contributed by atoms with Crippen LogP contribution in [0.1, 0.15) is 10.4 Å². The summed E-state index contributed by atoms with van der Waals surface area (Å²) in [6.45, 7) is 0. The van der Waals surface area contributed by atoms with Crippen LogP contribution < -0.4 is 5.32 Å². The van der Waals surface area contributed by atoms with Crippen molar-refractivity contribution in [1.29, 1.82) is 0 Å². The predicted molar refractivity (Wildman–Crippen MR) is 110 cm³/mol. The van der Waals surface area contributed by atoms with Crippen molar-refractivity contribution in [3.8, 4) is 22.4 Å². The molecule has 0 bridgehead atoms. The molecule has 5 heteroatoms. The quantitative estimate of drug-likeness (QED) is 0.456. The maximum atomic E-state index is 10.9. The molecule has 4 aromatic rings.